The van der Waals surface area contributed by atoms with Crippen LogP contribution in [-0.4, -0.2) is 0 Å². The first-order chi connectivity index (χ1) is 11.8. The first-order valence-electron chi connectivity index (χ1n) is 7.15. The number of alkyl halides is 3. The fourth-order valence-electron chi connectivity index (χ4n) is 2.39. The number of hydrogen-bond acceptors (Lipinski definition) is 2. The zero-order valence-corrected chi connectivity index (χ0v) is 12.8. The molecule has 0 aliphatic heterocycles. The minimum Gasteiger partial charge on any atom is -0.464 e. The Bertz CT molecular complexity index is 875. The van der Waals surface area contributed by atoms with E-state index in [9.17, 15) is 22.0 Å². The Hall–Kier alpha value is -2.83. The number of rotatable bonds is 3. The molecule has 0 amide bonds. The van der Waals surface area contributed by atoms with Gasteiger partial charge in [0.2, 0.25) is 0 Å². The Kier molecular flexibility index (Phi) is 4.24. The molecule has 2 nitrogen and oxygen atoms in total. The molecule has 3 rings (SSSR count). The van der Waals surface area contributed by atoms with Crippen molar-refractivity contribution in [2.75, 3.05) is 0 Å². The third-order valence-electron chi connectivity index (χ3n) is 3.54. The summed E-state index contributed by atoms with van der Waals surface area (Å²) >= 11 is 0. The average Bonchev–Trinajstić information content (AvgIpc) is 3.03. The molecule has 1 aromatic heterocycles. The predicted molar refractivity (Wildman–Crippen MR) is 80.3 cm³/mol. The molecule has 25 heavy (non-hydrogen) atoms. The Morgan fingerprint density at radius 3 is 2.20 bits per heavy atom. The summed E-state index contributed by atoms with van der Waals surface area (Å²) in [6.45, 7) is 1.74. The average molecular weight is 354 g/mol. The van der Waals surface area contributed by atoms with Gasteiger partial charge in [0.1, 0.15) is 11.5 Å². The highest BCUT2D eigenvalue weighted by Gasteiger charge is 2.33. The second-order valence-electron chi connectivity index (χ2n) is 5.29. The van der Waals surface area contributed by atoms with Gasteiger partial charge in [-0.2, -0.15) is 13.2 Å². The van der Waals surface area contributed by atoms with Crippen molar-refractivity contribution in [3.05, 3.63) is 71.5 Å². The highest BCUT2D eigenvalue weighted by Crippen LogP contribution is 2.39. The molecule has 130 valence electrons. The van der Waals surface area contributed by atoms with Crippen LogP contribution in [0, 0.1) is 18.6 Å². The van der Waals surface area contributed by atoms with E-state index < -0.39 is 29.1 Å². The molecule has 0 atom stereocenters. The lowest BCUT2D eigenvalue weighted by atomic mass is 10.1. The lowest BCUT2D eigenvalue weighted by Gasteiger charge is -2.14. The fourth-order valence-corrected chi connectivity index (χ4v) is 2.39. The van der Waals surface area contributed by atoms with Gasteiger partial charge in [-0.1, -0.05) is 12.1 Å². The molecule has 0 saturated carbocycles. The number of aryl methyl sites for hydroxylation is 1. The predicted octanol–water partition coefficient (Wildman–Crippen LogP) is 6.34. The van der Waals surface area contributed by atoms with E-state index in [1.54, 1.807) is 31.2 Å². The molecule has 0 aliphatic carbocycles. The summed E-state index contributed by atoms with van der Waals surface area (Å²) in [6, 6.07) is 8.43. The Labute approximate surface area is 139 Å². The molecule has 2 aromatic carbocycles. The lowest BCUT2D eigenvalue weighted by molar-refractivity contribution is -0.138. The van der Waals surface area contributed by atoms with Crippen molar-refractivity contribution in [2.24, 2.45) is 0 Å². The fraction of sp³-hybridized carbons (Fsp3) is 0.111. The highest BCUT2D eigenvalue weighted by molar-refractivity contribution is 5.70. The van der Waals surface area contributed by atoms with Crippen molar-refractivity contribution >= 4 is 0 Å². The van der Waals surface area contributed by atoms with Gasteiger partial charge in [0.25, 0.3) is 0 Å². The summed E-state index contributed by atoms with van der Waals surface area (Å²) in [5.74, 6) is -3.34. The highest BCUT2D eigenvalue weighted by atomic mass is 19.4. The molecule has 0 unspecified atom stereocenters. The molecule has 0 radical (unpaired) electrons. The zero-order valence-electron chi connectivity index (χ0n) is 12.8. The topological polar surface area (TPSA) is 22.4 Å². The number of furan rings is 1. The summed E-state index contributed by atoms with van der Waals surface area (Å²) in [5, 5.41) is 0. The van der Waals surface area contributed by atoms with Crippen LogP contribution in [0.15, 0.2) is 53.1 Å². The second-order valence-corrected chi connectivity index (χ2v) is 5.29. The van der Waals surface area contributed by atoms with E-state index in [0.29, 0.717) is 16.9 Å². The van der Waals surface area contributed by atoms with Crippen molar-refractivity contribution in [2.45, 2.75) is 13.1 Å². The molecule has 7 heteroatoms. The molecule has 0 N–H and O–H groups in total. The zero-order chi connectivity index (χ0) is 18.2. The quantitative estimate of drug-likeness (QED) is 0.512. The number of benzene rings is 2. The van der Waals surface area contributed by atoms with Crippen LogP contribution in [-0.2, 0) is 6.18 Å². The molecule has 0 aliphatic rings. The molecule has 0 fully saturated rings. The van der Waals surface area contributed by atoms with Crippen molar-refractivity contribution < 1.29 is 31.1 Å². The van der Waals surface area contributed by atoms with Crippen LogP contribution in [0.5, 0.6) is 11.5 Å². The van der Waals surface area contributed by atoms with Crippen LogP contribution in [0.4, 0.5) is 22.0 Å². The minimum absolute atomic E-state index is 0.0625. The van der Waals surface area contributed by atoms with Crippen molar-refractivity contribution in [1.29, 1.82) is 0 Å². The molecular weight excluding hydrogens is 343 g/mol. The molecule has 0 spiro atoms. The maximum atomic E-state index is 14.0. The summed E-state index contributed by atoms with van der Waals surface area (Å²) in [5.41, 5.74) is -0.267. The standard InChI is InChI=1S/C18H11F5O2/c1-10-4-2-5-15(16(10)14-6-3-7-24-14)25-17-12(19)8-11(9-13(17)20)18(21,22)23/h2-9H,1H3. The van der Waals surface area contributed by atoms with E-state index in [4.69, 9.17) is 9.15 Å². The van der Waals surface area contributed by atoms with Gasteiger partial charge in [-0.25, -0.2) is 8.78 Å². The van der Waals surface area contributed by atoms with E-state index in [1.807, 2.05) is 0 Å². The largest absolute Gasteiger partial charge is 0.464 e. The van der Waals surface area contributed by atoms with Crippen LogP contribution in [0.3, 0.4) is 0 Å². The summed E-state index contributed by atoms with van der Waals surface area (Å²) in [7, 11) is 0. The van der Waals surface area contributed by atoms with E-state index in [1.165, 1.54) is 12.3 Å². The third-order valence-corrected chi connectivity index (χ3v) is 3.54. The molecule has 0 saturated heterocycles. The Morgan fingerprint density at radius 1 is 0.960 bits per heavy atom. The SMILES string of the molecule is Cc1cccc(Oc2c(F)cc(C(F)(F)F)cc2F)c1-c1ccco1. The van der Waals surface area contributed by atoms with Gasteiger partial charge in [-0.15, -0.1) is 0 Å². The normalized spacial score (nSPS) is 11.6. The summed E-state index contributed by atoms with van der Waals surface area (Å²) in [6.07, 6.45) is -3.44. The van der Waals surface area contributed by atoms with Gasteiger partial charge in [0, 0.05) is 0 Å². The van der Waals surface area contributed by atoms with Crippen LogP contribution >= 0.6 is 0 Å². The maximum Gasteiger partial charge on any atom is 0.416 e. The van der Waals surface area contributed by atoms with Gasteiger partial charge in [0.05, 0.1) is 17.4 Å². The van der Waals surface area contributed by atoms with Crippen molar-refractivity contribution in [1.82, 2.24) is 0 Å². The molecule has 3 aromatic rings. The van der Waals surface area contributed by atoms with Crippen molar-refractivity contribution in [3.8, 4) is 22.8 Å². The molecular formula is C18H11F5O2. The summed E-state index contributed by atoms with van der Waals surface area (Å²) < 4.78 is 76.4. The lowest BCUT2D eigenvalue weighted by Crippen LogP contribution is -2.07. The monoisotopic (exact) mass is 354 g/mol. The van der Waals surface area contributed by atoms with Crippen LogP contribution < -0.4 is 4.74 Å². The second kappa shape index (κ2) is 6.23. The van der Waals surface area contributed by atoms with Gasteiger partial charge < -0.3 is 9.15 Å². The van der Waals surface area contributed by atoms with E-state index in [-0.39, 0.29) is 17.9 Å². The molecule has 1 heterocycles. The minimum atomic E-state index is -4.86. The van der Waals surface area contributed by atoms with Crippen LogP contribution in [0.25, 0.3) is 11.3 Å². The number of ether oxygens (including phenoxy) is 1. The van der Waals surface area contributed by atoms with Gasteiger partial charge in [-0.3, -0.25) is 0 Å². The van der Waals surface area contributed by atoms with Crippen LogP contribution in [0.2, 0.25) is 0 Å². The van der Waals surface area contributed by atoms with Crippen molar-refractivity contribution in [3.63, 3.8) is 0 Å². The number of hydrogen-bond donors (Lipinski definition) is 0. The summed E-state index contributed by atoms with van der Waals surface area (Å²) in [4.78, 5) is 0. The first-order valence-corrected chi connectivity index (χ1v) is 7.15. The first kappa shape index (κ1) is 17.0. The van der Waals surface area contributed by atoms with Crippen LogP contribution in [0.1, 0.15) is 11.1 Å². The van der Waals surface area contributed by atoms with Gasteiger partial charge in [0.15, 0.2) is 17.4 Å². The molecule has 0 bridgehead atoms. The Morgan fingerprint density at radius 2 is 1.64 bits per heavy atom. The van der Waals surface area contributed by atoms with E-state index in [0.717, 1.165) is 0 Å². The third kappa shape index (κ3) is 3.35. The number of halogens is 5. The van der Waals surface area contributed by atoms with E-state index in [2.05, 4.69) is 0 Å². The Balaban J connectivity index is 2.06. The van der Waals surface area contributed by atoms with Gasteiger partial charge in [-0.05, 0) is 42.8 Å². The van der Waals surface area contributed by atoms with Gasteiger partial charge >= 0.3 is 6.18 Å². The smallest absolute Gasteiger partial charge is 0.416 e. The maximum absolute atomic E-state index is 14.0. The van der Waals surface area contributed by atoms with E-state index >= 15 is 0 Å².